The molecule has 0 aromatic carbocycles. The fourth-order valence-electron chi connectivity index (χ4n) is 2.39. The summed E-state index contributed by atoms with van der Waals surface area (Å²) < 4.78 is 5.37. The zero-order valence-electron chi connectivity index (χ0n) is 14.2. The van der Waals surface area contributed by atoms with E-state index in [9.17, 15) is 9.90 Å². The SMILES string of the molecule is CC(C)(C)OC(=O)N1CCN(c2ncc(C(O)CO)cc2Cl)CC1. The molecule has 1 aliphatic heterocycles. The Balaban J connectivity index is 1.98. The zero-order chi connectivity index (χ0) is 17.9. The van der Waals surface area contributed by atoms with Gasteiger partial charge in [-0.2, -0.15) is 0 Å². The molecule has 0 spiro atoms. The van der Waals surface area contributed by atoms with Crippen molar-refractivity contribution in [3.05, 3.63) is 22.8 Å². The largest absolute Gasteiger partial charge is 0.444 e. The zero-order valence-corrected chi connectivity index (χ0v) is 15.0. The molecule has 7 nitrogen and oxygen atoms in total. The molecule has 1 aliphatic rings. The molecule has 0 aliphatic carbocycles. The van der Waals surface area contributed by atoms with Gasteiger partial charge in [0.25, 0.3) is 0 Å². The maximum Gasteiger partial charge on any atom is 0.410 e. The Kier molecular flexibility index (Phi) is 5.90. The van der Waals surface area contributed by atoms with Crippen molar-refractivity contribution >= 4 is 23.5 Å². The number of amides is 1. The lowest BCUT2D eigenvalue weighted by Crippen LogP contribution is -2.50. The molecular formula is C16H24ClN3O4. The molecule has 1 aromatic heterocycles. The molecule has 0 bridgehead atoms. The molecule has 134 valence electrons. The Morgan fingerprint density at radius 3 is 2.50 bits per heavy atom. The number of carbonyl (C=O) groups excluding carboxylic acids is 1. The van der Waals surface area contributed by atoms with Crippen LogP contribution in [-0.4, -0.2) is 64.6 Å². The number of aliphatic hydroxyl groups is 2. The fraction of sp³-hybridized carbons (Fsp3) is 0.625. The van der Waals surface area contributed by atoms with Crippen molar-refractivity contribution in [1.29, 1.82) is 0 Å². The summed E-state index contributed by atoms with van der Waals surface area (Å²) in [5.41, 5.74) is -0.0405. The van der Waals surface area contributed by atoms with Crippen LogP contribution in [0.15, 0.2) is 12.3 Å². The minimum Gasteiger partial charge on any atom is -0.444 e. The van der Waals surface area contributed by atoms with Gasteiger partial charge in [0.1, 0.15) is 17.5 Å². The Morgan fingerprint density at radius 1 is 1.38 bits per heavy atom. The lowest BCUT2D eigenvalue weighted by atomic mass is 10.1. The third-order valence-electron chi connectivity index (χ3n) is 3.63. The van der Waals surface area contributed by atoms with Crippen molar-refractivity contribution in [3.8, 4) is 0 Å². The number of carbonyl (C=O) groups is 1. The van der Waals surface area contributed by atoms with Crippen LogP contribution in [-0.2, 0) is 4.74 Å². The van der Waals surface area contributed by atoms with Crippen molar-refractivity contribution in [2.45, 2.75) is 32.5 Å². The maximum atomic E-state index is 12.1. The number of aromatic nitrogens is 1. The number of nitrogens with zero attached hydrogens (tertiary/aromatic N) is 3. The molecule has 1 fully saturated rings. The van der Waals surface area contributed by atoms with Crippen LogP contribution in [0, 0.1) is 0 Å². The number of rotatable bonds is 3. The molecule has 2 heterocycles. The van der Waals surface area contributed by atoms with Crippen LogP contribution in [0.5, 0.6) is 0 Å². The van der Waals surface area contributed by atoms with Crippen LogP contribution in [0.25, 0.3) is 0 Å². The fourth-order valence-corrected chi connectivity index (χ4v) is 2.69. The van der Waals surface area contributed by atoms with Crippen LogP contribution >= 0.6 is 11.6 Å². The summed E-state index contributed by atoms with van der Waals surface area (Å²) >= 11 is 6.25. The van der Waals surface area contributed by atoms with E-state index in [-0.39, 0.29) is 12.7 Å². The second-order valence-corrected chi connectivity index (χ2v) is 7.13. The van der Waals surface area contributed by atoms with Crippen molar-refractivity contribution in [2.75, 3.05) is 37.7 Å². The quantitative estimate of drug-likeness (QED) is 0.858. The summed E-state index contributed by atoms with van der Waals surface area (Å²) in [6.45, 7) is 7.36. The number of anilines is 1. The number of piperazine rings is 1. The lowest BCUT2D eigenvalue weighted by Gasteiger charge is -2.36. The predicted molar refractivity (Wildman–Crippen MR) is 91.3 cm³/mol. The number of hydrogen-bond donors (Lipinski definition) is 2. The smallest absolute Gasteiger partial charge is 0.410 e. The normalized spacial score (nSPS) is 16.9. The molecule has 24 heavy (non-hydrogen) atoms. The lowest BCUT2D eigenvalue weighted by molar-refractivity contribution is 0.0240. The average Bonchev–Trinajstić information content (AvgIpc) is 2.52. The van der Waals surface area contributed by atoms with E-state index in [1.807, 2.05) is 25.7 Å². The van der Waals surface area contributed by atoms with Crippen LogP contribution in [0.1, 0.15) is 32.4 Å². The van der Waals surface area contributed by atoms with Gasteiger partial charge >= 0.3 is 6.09 Å². The van der Waals surface area contributed by atoms with E-state index in [2.05, 4.69) is 4.98 Å². The number of halogens is 1. The first-order chi connectivity index (χ1) is 11.2. The molecule has 1 aromatic rings. The second kappa shape index (κ2) is 7.55. The number of aliphatic hydroxyl groups excluding tert-OH is 2. The molecule has 1 unspecified atom stereocenters. The first-order valence-electron chi connectivity index (χ1n) is 7.88. The summed E-state index contributed by atoms with van der Waals surface area (Å²) in [5.74, 6) is 0.606. The van der Waals surface area contributed by atoms with Crippen molar-refractivity contribution in [2.24, 2.45) is 0 Å². The molecule has 1 amide bonds. The number of hydrogen-bond acceptors (Lipinski definition) is 6. The van der Waals surface area contributed by atoms with E-state index in [1.54, 1.807) is 11.0 Å². The third kappa shape index (κ3) is 4.72. The van der Waals surface area contributed by atoms with Gasteiger partial charge in [-0.05, 0) is 26.8 Å². The molecule has 1 saturated heterocycles. The summed E-state index contributed by atoms with van der Waals surface area (Å²) in [4.78, 5) is 20.0. The molecule has 1 atom stereocenters. The Bertz CT molecular complexity index is 583. The standard InChI is InChI=1S/C16H24ClN3O4/c1-16(2,3)24-15(23)20-6-4-19(5-7-20)14-12(17)8-11(9-18-14)13(22)10-21/h8-9,13,21-22H,4-7,10H2,1-3H3. The highest BCUT2D eigenvalue weighted by Gasteiger charge is 2.27. The summed E-state index contributed by atoms with van der Waals surface area (Å²) in [6, 6.07) is 1.60. The van der Waals surface area contributed by atoms with Gasteiger partial charge in [0.05, 0.1) is 11.6 Å². The summed E-state index contributed by atoms with van der Waals surface area (Å²) in [5, 5.41) is 19.0. The van der Waals surface area contributed by atoms with Crippen LogP contribution in [0.3, 0.4) is 0 Å². The molecule has 0 saturated carbocycles. The van der Waals surface area contributed by atoms with Gasteiger partial charge in [0.15, 0.2) is 0 Å². The number of ether oxygens (including phenoxy) is 1. The topological polar surface area (TPSA) is 86.1 Å². The van der Waals surface area contributed by atoms with E-state index >= 15 is 0 Å². The van der Waals surface area contributed by atoms with Gasteiger partial charge in [0, 0.05) is 37.9 Å². The van der Waals surface area contributed by atoms with Crippen LogP contribution in [0.2, 0.25) is 5.02 Å². The molecule has 0 radical (unpaired) electrons. The van der Waals surface area contributed by atoms with E-state index in [0.717, 1.165) is 0 Å². The molecule has 2 rings (SSSR count). The van der Waals surface area contributed by atoms with Gasteiger partial charge < -0.3 is 24.7 Å². The number of pyridine rings is 1. The van der Waals surface area contributed by atoms with E-state index < -0.39 is 11.7 Å². The molecular weight excluding hydrogens is 334 g/mol. The van der Waals surface area contributed by atoms with Gasteiger partial charge in [-0.25, -0.2) is 9.78 Å². The van der Waals surface area contributed by atoms with Gasteiger partial charge in [0.2, 0.25) is 0 Å². The highest BCUT2D eigenvalue weighted by molar-refractivity contribution is 6.33. The van der Waals surface area contributed by atoms with Crippen molar-refractivity contribution in [3.63, 3.8) is 0 Å². The van der Waals surface area contributed by atoms with Crippen molar-refractivity contribution in [1.82, 2.24) is 9.88 Å². The van der Waals surface area contributed by atoms with Crippen LogP contribution in [0.4, 0.5) is 10.6 Å². The summed E-state index contributed by atoms with van der Waals surface area (Å²) in [6.07, 6.45) is 0.193. The van der Waals surface area contributed by atoms with Crippen LogP contribution < -0.4 is 4.90 Å². The Hall–Kier alpha value is -1.57. The second-order valence-electron chi connectivity index (χ2n) is 6.73. The minimum atomic E-state index is -0.993. The molecule has 2 N–H and O–H groups in total. The highest BCUT2D eigenvalue weighted by Crippen LogP contribution is 2.27. The van der Waals surface area contributed by atoms with Gasteiger partial charge in [-0.1, -0.05) is 11.6 Å². The highest BCUT2D eigenvalue weighted by atomic mass is 35.5. The van der Waals surface area contributed by atoms with E-state index in [4.69, 9.17) is 21.4 Å². The molecule has 8 heteroatoms. The van der Waals surface area contributed by atoms with Gasteiger partial charge in [-0.15, -0.1) is 0 Å². The van der Waals surface area contributed by atoms with E-state index in [0.29, 0.717) is 42.6 Å². The average molecular weight is 358 g/mol. The Labute approximate surface area is 146 Å². The van der Waals surface area contributed by atoms with E-state index in [1.165, 1.54) is 6.20 Å². The minimum absolute atomic E-state index is 0.317. The first kappa shape index (κ1) is 18.8. The monoisotopic (exact) mass is 357 g/mol. The Morgan fingerprint density at radius 2 is 2.00 bits per heavy atom. The van der Waals surface area contributed by atoms with Gasteiger partial charge in [-0.3, -0.25) is 0 Å². The van der Waals surface area contributed by atoms with Crippen molar-refractivity contribution < 1.29 is 19.7 Å². The first-order valence-corrected chi connectivity index (χ1v) is 8.26. The predicted octanol–water partition coefficient (Wildman–Crippen LogP) is 1.82. The maximum absolute atomic E-state index is 12.1. The summed E-state index contributed by atoms with van der Waals surface area (Å²) in [7, 11) is 0. The third-order valence-corrected chi connectivity index (χ3v) is 3.91.